The largest absolute Gasteiger partial charge is 0.421 e. The van der Waals surface area contributed by atoms with E-state index in [9.17, 15) is 0 Å². The molecule has 0 aliphatic rings. The lowest BCUT2D eigenvalue weighted by atomic mass is 9.74. The maximum Gasteiger partial charge on any atom is 0.201 e. The SMILES string of the molecule is CCC(C)(C)c1cc(C(C)(C)CC)c2o[pH]oc3c(C(C)(C)CC)cc(C(C)(C)CC)cc3c2c1. The summed E-state index contributed by atoms with van der Waals surface area (Å²) in [5.41, 5.74) is 7.55. The molecule has 0 atom stereocenters. The molecule has 0 fully saturated rings. The summed E-state index contributed by atoms with van der Waals surface area (Å²) in [6, 6.07) is 9.63. The van der Waals surface area contributed by atoms with Gasteiger partial charge in [0.2, 0.25) is 8.67 Å². The van der Waals surface area contributed by atoms with Crippen LogP contribution < -0.4 is 0 Å². The first-order valence-electron chi connectivity index (χ1n) is 13.6. The van der Waals surface area contributed by atoms with E-state index in [1.165, 1.54) is 33.0 Å². The lowest BCUT2D eigenvalue weighted by molar-refractivity contribution is 0.486. The van der Waals surface area contributed by atoms with Crippen LogP contribution in [0.25, 0.3) is 21.9 Å². The second-order valence-corrected chi connectivity index (χ2v) is 13.6. The van der Waals surface area contributed by atoms with Crippen LogP contribution in [0.2, 0.25) is 0 Å². The van der Waals surface area contributed by atoms with Gasteiger partial charge >= 0.3 is 0 Å². The highest BCUT2D eigenvalue weighted by Crippen LogP contribution is 2.44. The third-order valence-corrected chi connectivity index (χ3v) is 9.89. The fourth-order valence-electron chi connectivity index (χ4n) is 4.56. The minimum atomic E-state index is -0.0500. The second kappa shape index (κ2) is 9.66. The summed E-state index contributed by atoms with van der Waals surface area (Å²) in [6.45, 7) is 27.9. The Balaban J connectivity index is 2.68. The van der Waals surface area contributed by atoms with Gasteiger partial charge in [-0.05, 0) is 70.6 Å². The van der Waals surface area contributed by atoms with E-state index < -0.39 is 0 Å². The normalized spacial score (nSPS) is 13.6. The third kappa shape index (κ3) is 5.11. The summed E-state index contributed by atoms with van der Waals surface area (Å²) in [5, 5.41) is 2.39. The van der Waals surface area contributed by atoms with Crippen molar-refractivity contribution in [2.75, 3.05) is 0 Å². The zero-order valence-corrected chi connectivity index (χ0v) is 25.5. The smallest absolute Gasteiger partial charge is 0.201 e. The summed E-state index contributed by atoms with van der Waals surface area (Å²) in [5.74, 6) is 0. The van der Waals surface area contributed by atoms with E-state index in [-0.39, 0.29) is 30.3 Å². The van der Waals surface area contributed by atoms with Crippen molar-refractivity contribution in [2.45, 2.75) is 130 Å². The minimum Gasteiger partial charge on any atom is -0.421 e. The Labute approximate surface area is 215 Å². The van der Waals surface area contributed by atoms with Crippen molar-refractivity contribution in [3.8, 4) is 0 Å². The van der Waals surface area contributed by atoms with E-state index in [1.54, 1.807) is 0 Å². The van der Waals surface area contributed by atoms with Crippen LogP contribution in [-0.4, -0.2) is 0 Å². The molecule has 3 rings (SSSR count). The molecule has 3 heteroatoms. The first-order chi connectivity index (χ1) is 16.1. The molecular formula is C32H49O2P. The zero-order chi connectivity index (χ0) is 26.4. The van der Waals surface area contributed by atoms with Crippen LogP contribution in [0, 0.1) is 0 Å². The van der Waals surface area contributed by atoms with Gasteiger partial charge in [0.15, 0.2) is 0 Å². The Morgan fingerprint density at radius 1 is 0.514 bits per heavy atom. The molecule has 0 spiro atoms. The standard InChI is InChI=1S/C32H49O2P/c1-13-29(5,6)21-17-23-24-18-22(30(7,8)14-2)20-26(32(11,12)16-4)28(24)34-35-33-27(23)25(19-21)31(9,10)15-3/h17-20,35H,13-16H2,1-12H3. The highest BCUT2D eigenvalue weighted by Gasteiger charge is 2.30. The average Bonchev–Trinajstić information content (AvgIpc) is 3.01. The summed E-state index contributed by atoms with van der Waals surface area (Å²) in [6.07, 6.45) is 4.26. The number of fused-ring (bicyclic) bond motifs is 3. The lowest BCUT2D eigenvalue weighted by Crippen LogP contribution is -2.21. The molecule has 0 saturated carbocycles. The average molecular weight is 497 g/mol. The van der Waals surface area contributed by atoms with E-state index in [4.69, 9.17) is 8.39 Å². The second-order valence-electron chi connectivity index (χ2n) is 13.0. The van der Waals surface area contributed by atoms with Crippen molar-refractivity contribution in [1.82, 2.24) is 0 Å². The van der Waals surface area contributed by atoms with Crippen LogP contribution in [0.1, 0.15) is 131 Å². The van der Waals surface area contributed by atoms with Crippen LogP contribution in [0.4, 0.5) is 0 Å². The van der Waals surface area contributed by atoms with E-state index in [2.05, 4.69) is 107 Å². The van der Waals surface area contributed by atoms with E-state index >= 15 is 0 Å². The summed E-state index contributed by atoms with van der Waals surface area (Å²) in [4.78, 5) is 0. The first-order valence-corrected chi connectivity index (χ1v) is 14.4. The molecule has 2 aromatic carbocycles. The van der Waals surface area contributed by atoms with Gasteiger partial charge in [0.1, 0.15) is 11.2 Å². The van der Waals surface area contributed by atoms with Crippen molar-refractivity contribution < 1.29 is 8.39 Å². The minimum absolute atomic E-state index is 0.00468. The van der Waals surface area contributed by atoms with Crippen LogP contribution in [0.3, 0.4) is 0 Å². The van der Waals surface area contributed by atoms with Gasteiger partial charge in [0, 0.05) is 21.9 Å². The van der Waals surface area contributed by atoms with E-state index in [1.807, 2.05) is 0 Å². The van der Waals surface area contributed by atoms with Gasteiger partial charge in [0.05, 0.1) is 0 Å². The molecule has 0 amide bonds. The first kappa shape index (κ1) is 27.9. The number of hydrogen-bond acceptors (Lipinski definition) is 2. The third-order valence-electron chi connectivity index (χ3n) is 9.31. The Kier molecular flexibility index (Phi) is 7.71. The van der Waals surface area contributed by atoms with Crippen molar-refractivity contribution in [2.24, 2.45) is 0 Å². The molecule has 0 bridgehead atoms. The maximum absolute atomic E-state index is 6.51. The maximum atomic E-state index is 6.51. The van der Waals surface area contributed by atoms with Gasteiger partial charge in [-0.1, -0.05) is 95.2 Å². The zero-order valence-electron chi connectivity index (χ0n) is 24.5. The molecule has 0 saturated heterocycles. The molecule has 1 aromatic heterocycles. The fourth-order valence-corrected chi connectivity index (χ4v) is 5.21. The Hall–Kier alpha value is -1.66. The highest BCUT2D eigenvalue weighted by molar-refractivity contribution is 7.15. The van der Waals surface area contributed by atoms with Crippen LogP contribution in [0.5, 0.6) is 0 Å². The van der Waals surface area contributed by atoms with Crippen molar-refractivity contribution in [3.63, 3.8) is 0 Å². The lowest BCUT2D eigenvalue weighted by Gasteiger charge is -2.30. The predicted molar refractivity (Wildman–Crippen MR) is 156 cm³/mol. The van der Waals surface area contributed by atoms with Gasteiger partial charge < -0.3 is 8.39 Å². The van der Waals surface area contributed by atoms with E-state index in [0.717, 1.165) is 36.8 Å². The number of hydrogen-bond donors (Lipinski definition) is 0. The van der Waals surface area contributed by atoms with Gasteiger partial charge in [-0.15, -0.1) is 0 Å². The molecule has 0 N–H and O–H groups in total. The van der Waals surface area contributed by atoms with Gasteiger partial charge in [0.25, 0.3) is 0 Å². The van der Waals surface area contributed by atoms with Crippen LogP contribution in [0.15, 0.2) is 32.7 Å². The summed E-state index contributed by atoms with van der Waals surface area (Å²) in [7, 11) is -0.0500. The Bertz CT molecular complexity index is 1150. The molecule has 0 aliphatic carbocycles. The summed E-state index contributed by atoms with van der Waals surface area (Å²) >= 11 is 0. The molecule has 0 aliphatic heterocycles. The van der Waals surface area contributed by atoms with Crippen LogP contribution >= 0.6 is 8.67 Å². The molecule has 1 heterocycles. The Morgan fingerprint density at radius 2 is 0.829 bits per heavy atom. The summed E-state index contributed by atoms with van der Waals surface area (Å²) < 4.78 is 13.0. The van der Waals surface area contributed by atoms with Crippen molar-refractivity contribution in [3.05, 3.63) is 46.5 Å². The van der Waals surface area contributed by atoms with Crippen molar-refractivity contribution >= 4 is 30.6 Å². The highest BCUT2D eigenvalue weighted by atomic mass is 31.1. The molecular weight excluding hydrogens is 447 g/mol. The number of rotatable bonds is 8. The fraction of sp³-hybridized carbons (Fsp3) is 0.625. The number of benzene rings is 2. The quantitative estimate of drug-likeness (QED) is 0.310. The van der Waals surface area contributed by atoms with E-state index in [0.29, 0.717) is 0 Å². The van der Waals surface area contributed by atoms with Gasteiger partial charge in [-0.3, -0.25) is 0 Å². The molecule has 194 valence electrons. The molecule has 3 aromatic rings. The molecule has 0 radical (unpaired) electrons. The molecule has 2 nitrogen and oxygen atoms in total. The topological polar surface area (TPSA) is 26.3 Å². The Morgan fingerprint density at radius 3 is 1.11 bits per heavy atom. The molecule has 0 unspecified atom stereocenters. The van der Waals surface area contributed by atoms with Crippen LogP contribution in [-0.2, 0) is 21.7 Å². The van der Waals surface area contributed by atoms with Gasteiger partial charge in [-0.25, -0.2) is 0 Å². The molecule has 35 heavy (non-hydrogen) atoms. The monoisotopic (exact) mass is 496 g/mol. The van der Waals surface area contributed by atoms with Crippen molar-refractivity contribution in [1.29, 1.82) is 0 Å². The predicted octanol–water partition coefficient (Wildman–Crippen LogP) is 11.1. The van der Waals surface area contributed by atoms with Gasteiger partial charge in [-0.2, -0.15) is 0 Å².